The molecule has 0 bridgehead atoms. The molecule has 0 radical (unpaired) electrons. The van der Waals surface area contributed by atoms with Gasteiger partial charge in [0.2, 0.25) is 10.0 Å². The first-order valence-corrected chi connectivity index (χ1v) is 14.7. The number of amides is 1. The third-order valence-electron chi connectivity index (χ3n) is 7.05. The number of rotatable bonds is 10. The third-order valence-corrected chi connectivity index (χ3v) is 8.62. The minimum atomic E-state index is -4.87. The van der Waals surface area contributed by atoms with Crippen molar-refractivity contribution in [2.75, 3.05) is 26.3 Å². The highest BCUT2D eigenvalue weighted by atomic mass is 32.2. The van der Waals surface area contributed by atoms with Gasteiger partial charge in [0.25, 0.3) is 5.91 Å². The molecule has 1 saturated heterocycles. The highest BCUT2D eigenvalue weighted by Gasteiger charge is 2.47. The van der Waals surface area contributed by atoms with Crippen LogP contribution in [0.3, 0.4) is 0 Å². The Labute approximate surface area is 241 Å². The Morgan fingerprint density at radius 1 is 1.17 bits per heavy atom. The molecule has 1 unspecified atom stereocenters. The van der Waals surface area contributed by atoms with Gasteiger partial charge < -0.3 is 25.0 Å². The van der Waals surface area contributed by atoms with Gasteiger partial charge >= 0.3 is 6.36 Å². The molecule has 1 amide bonds. The highest BCUT2D eigenvalue weighted by Crippen LogP contribution is 2.33. The minimum absolute atomic E-state index is 0.0264. The molecule has 228 valence electrons. The van der Waals surface area contributed by atoms with Crippen molar-refractivity contribution in [1.29, 1.82) is 0 Å². The first kappa shape index (κ1) is 31.5. The van der Waals surface area contributed by atoms with Gasteiger partial charge in [0.05, 0.1) is 19.3 Å². The van der Waals surface area contributed by atoms with Crippen molar-refractivity contribution in [2.45, 2.75) is 51.1 Å². The van der Waals surface area contributed by atoms with Gasteiger partial charge in [-0.2, -0.15) is 4.31 Å². The van der Waals surface area contributed by atoms with Crippen LogP contribution in [0, 0.1) is 13.8 Å². The molecule has 1 atom stereocenters. The summed E-state index contributed by atoms with van der Waals surface area (Å²) in [6.07, 6.45) is -3.78. The predicted molar refractivity (Wildman–Crippen MR) is 148 cm³/mol. The fourth-order valence-corrected chi connectivity index (χ4v) is 6.08. The zero-order valence-corrected chi connectivity index (χ0v) is 23.8. The Hall–Kier alpha value is -3.46. The maximum Gasteiger partial charge on any atom is 0.573 e. The second-order valence-corrected chi connectivity index (χ2v) is 12.0. The first-order valence-electron chi connectivity index (χ1n) is 13.2. The van der Waals surface area contributed by atoms with Crippen LogP contribution in [-0.4, -0.2) is 79.0 Å². The summed E-state index contributed by atoms with van der Waals surface area (Å²) in [6.45, 7) is 3.56. The lowest BCUT2D eigenvalue weighted by Crippen LogP contribution is -2.50. The highest BCUT2D eigenvalue weighted by molar-refractivity contribution is 7.92. The molecule has 4 rings (SSSR count). The summed E-state index contributed by atoms with van der Waals surface area (Å²) in [5.74, 6) is -0.162. The summed E-state index contributed by atoms with van der Waals surface area (Å²) in [6, 6.07) is 8.66. The van der Waals surface area contributed by atoms with E-state index in [1.54, 1.807) is 12.1 Å². The van der Waals surface area contributed by atoms with E-state index in [1.807, 2.05) is 13.8 Å². The van der Waals surface area contributed by atoms with Gasteiger partial charge in [-0.05, 0) is 73.7 Å². The third kappa shape index (κ3) is 7.48. The maximum absolute atomic E-state index is 13.1. The number of nitrogens with zero attached hydrogens (tertiary/aromatic N) is 2. The molecule has 0 aromatic heterocycles. The lowest BCUT2D eigenvalue weighted by molar-refractivity contribution is -0.274. The van der Waals surface area contributed by atoms with Crippen LogP contribution in [0.1, 0.15) is 41.5 Å². The molecule has 0 saturated carbocycles. The number of aryl methyl sites for hydroxylation is 2. The number of piperidine rings is 1. The number of carbonyl (C=O) groups is 1. The lowest BCUT2D eigenvalue weighted by atomic mass is 9.89. The molecule has 2 aromatic carbocycles. The Morgan fingerprint density at radius 3 is 2.45 bits per heavy atom. The quantitative estimate of drug-likeness (QED) is 0.376. The SMILES string of the molecule is Cc1cc(C=CS(=O)(=O)N2CCC3(CC2)N=C(c2cccc(OC(F)(F)F)c2)NC3=O)cc(C)c1OCCC(O)CO. The molecule has 0 aliphatic carbocycles. The van der Waals surface area contributed by atoms with E-state index in [4.69, 9.17) is 9.84 Å². The van der Waals surface area contributed by atoms with Crippen molar-refractivity contribution in [1.82, 2.24) is 9.62 Å². The summed E-state index contributed by atoms with van der Waals surface area (Å²) < 4.78 is 74.9. The van der Waals surface area contributed by atoms with Crippen LogP contribution < -0.4 is 14.8 Å². The number of amidine groups is 1. The van der Waals surface area contributed by atoms with Crippen LogP contribution >= 0.6 is 0 Å². The fourth-order valence-electron chi connectivity index (χ4n) is 4.89. The van der Waals surface area contributed by atoms with Crippen LogP contribution in [0.25, 0.3) is 6.08 Å². The fraction of sp³-hybridized carbons (Fsp3) is 0.429. The van der Waals surface area contributed by atoms with Gasteiger partial charge in [-0.15, -0.1) is 13.2 Å². The minimum Gasteiger partial charge on any atom is -0.493 e. The number of aliphatic imine (C=N–C) groups is 1. The molecule has 2 aromatic rings. The summed E-state index contributed by atoms with van der Waals surface area (Å²) >= 11 is 0. The number of hydrogen-bond donors (Lipinski definition) is 3. The van der Waals surface area contributed by atoms with E-state index in [-0.39, 0.29) is 57.0 Å². The van der Waals surface area contributed by atoms with Gasteiger partial charge in [-0.1, -0.05) is 12.1 Å². The number of aliphatic hydroxyl groups is 2. The molecule has 2 heterocycles. The average Bonchev–Trinajstić information content (AvgIpc) is 3.23. The van der Waals surface area contributed by atoms with E-state index in [9.17, 15) is 31.5 Å². The molecular formula is C28H32F3N3O7S. The van der Waals surface area contributed by atoms with Crippen molar-refractivity contribution < 1.29 is 46.1 Å². The molecule has 3 N–H and O–H groups in total. The maximum atomic E-state index is 13.1. The second-order valence-electron chi connectivity index (χ2n) is 10.2. The summed E-state index contributed by atoms with van der Waals surface area (Å²) in [4.78, 5) is 17.4. The Bertz CT molecular complexity index is 1460. The van der Waals surface area contributed by atoms with Gasteiger partial charge in [-0.25, -0.2) is 8.42 Å². The lowest BCUT2D eigenvalue weighted by Gasteiger charge is -2.34. The molecule has 42 heavy (non-hydrogen) atoms. The standard InChI is InChI=1S/C28H32F3N3O7S/c1-18-14-20(15-19(2)24(18)40-12-6-22(36)17-35)7-13-42(38,39)34-10-8-27(9-11-34)26(37)32-25(33-27)21-4-3-5-23(16-21)41-28(29,30)31/h3-5,7,13-16,22,35-36H,6,8-12,17H2,1-2H3,(H,32,33,37). The number of ether oxygens (including phenoxy) is 2. The summed E-state index contributed by atoms with van der Waals surface area (Å²) in [5, 5.41) is 22.1. The predicted octanol–water partition coefficient (Wildman–Crippen LogP) is 3.04. The Kier molecular flexibility index (Phi) is 9.30. The zero-order valence-electron chi connectivity index (χ0n) is 23.0. The summed E-state index contributed by atoms with van der Waals surface area (Å²) in [5.41, 5.74) is 1.22. The molecule has 14 heteroatoms. The van der Waals surface area contributed by atoms with Crippen LogP contribution in [0.15, 0.2) is 46.8 Å². The monoisotopic (exact) mass is 611 g/mol. The molecule has 1 fully saturated rings. The van der Waals surface area contributed by atoms with E-state index in [0.717, 1.165) is 28.7 Å². The van der Waals surface area contributed by atoms with E-state index >= 15 is 0 Å². The van der Waals surface area contributed by atoms with Crippen LogP contribution in [0.4, 0.5) is 13.2 Å². The van der Waals surface area contributed by atoms with Crippen molar-refractivity contribution in [2.24, 2.45) is 4.99 Å². The number of nitrogens with one attached hydrogen (secondary N) is 1. The topological polar surface area (TPSA) is 138 Å². The average molecular weight is 612 g/mol. The van der Waals surface area contributed by atoms with E-state index in [0.29, 0.717) is 11.3 Å². The van der Waals surface area contributed by atoms with Gasteiger partial charge in [0.15, 0.2) is 0 Å². The number of aliphatic hydroxyl groups excluding tert-OH is 2. The zero-order chi connectivity index (χ0) is 30.7. The van der Waals surface area contributed by atoms with E-state index < -0.39 is 39.7 Å². The molecule has 10 nitrogen and oxygen atoms in total. The number of hydrogen-bond acceptors (Lipinski definition) is 8. The van der Waals surface area contributed by atoms with Crippen LogP contribution in [0.2, 0.25) is 0 Å². The van der Waals surface area contributed by atoms with Crippen LogP contribution in [0.5, 0.6) is 11.5 Å². The first-order chi connectivity index (χ1) is 19.7. The van der Waals surface area contributed by atoms with Crippen molar-refractivity contribution in [3.63, 3.8) is 0 Å². The van der Waals surface area contributed by atoms with E-state index in [1.165, 1.54) is 22.5 Å². The van der Waals surface area contributed by atoms with Crippen molar-refractivity contribution in [3.8, 4) is 11.5 Å². The largest absolute Gasteiger partial charge is 0.573 e. The van der Waals surface area contributed by atoms with Gasteiger partial charge in [-0.3, -0.25) is 9.79 Å². The number of benzene rings is 2. The van der Waals surface area contributed by atoms with E-state index in [2.05, 4.69) is 15.0 Å². The molecule has 2 aliphatic heterocycles. The smallest absolute Gasteiger partial charge is 0.493 e. The molecule has 2 aliphatic rings. The number of sulfonamides is 1. The van der Waals surface area contributed by atoms with Gasteiger partial charge in [0, 0.05) is 30.5 Å². The summed E-state index contributed by atoms with van der Waals surface area (Å²) in [7, 11) is -3.83. The normalized spacial score (nSPS) is 18.3. The Morgan fingerprint density at radius 2 is 1.83 bits per heavy atom. The van der Waals surface area contributed by atoms with Crippen molar-refractivity contribution >= 4 is 27.8 Å². The molecule has 1 spiro atoms. The number of carbonyl (C=O) groups excluding carboxylic acids is 1. The number of halogens is 3. The number of alkyl halides is 3. The van der Waals surface area contributed by atoms with Crippen LogP contribution in [-0.2, 0) is 14.8 Å². The Balaban J connectivity index is 1.41. The second kappa shape index (κ2) is 12.4. The van der Waals surface area contributed by atoms with Gasteiger partial charge in [0.1, 0.15) is 22.9 Å². The van der Waals surface area contributed by atoms with Crippen molar-refractivity contribution in [3.05, 3.63) is 64.1 Å². The molecular weight excluding hydrogens is 579 g/mol.